The SMILES string of the molecule is CCOC(=O)c1ccc(NC(=O)C2CCN(C(=O)OC(C)(C)C)CC2)cc1. The fraction of sp³-hybridized carbons (Fsp3) is 0.550. The van der Waals surface area contributed by atoms with Gasteiger partial charge >= 0.3 is 12.1 Å². The molecule has 0 saturated carbocycles. The summed E-state index contributed by atoms with van der Waals surface area (Å²) in [4.78, 5) is 37.8. The second kappa shape index (κ2) is 8.88. The number of ether oxygens (including phenoxy) is 2. The van der Waals surface area contributed by atoms with Crippen LogP contribution in [0.1, 0.15) is 50.9 Å². The summed E-state index contributed by atoms with van der Waals surface area (Å²) >= 11 is 0. The average Bonchev–Trinajstić information content (AvgIpc) is 2.61. The third kappa shape index (κ3) is 6.27. The molecule has 0 atom stereocenters. The van der Waals surface area contributed by atoms with Crippen molar-refractivity contribution in [2.75, 3.05) is 25.0 Å². The maximum absolute atomic E-state index is 12.5. The quantitative estimate of drug-likeness (QED) is 0.814. The van der Waals surface area contributed by atoms with E-state index in [0.717, 1.165) is 0 Å². The van der Waals surface area contributed by atoms with Crippen LogP contribution < -0.4 is 5.32 Å². The van der Waals surface area contributed by atoms with Gasteiger partial charge in [0.1, 0.15) is 5.60 Å². The summed E-state index contributed by atoms with van der Waals surface area (Å²) in [7, 11) is 0. The van der Waals surface area contributed by atoms with E-state index in [0.29, 0.717) is 43.8 Å². The van der Waals surface area contributed by atoms with E-state index >= 15 is 0 Å². The summed E-state index contributed by atoms with van der Waals surface area (Å²) in [6.07, 6.45) is 0.841. The molecule has 1 fully saturated rings. The largest absolute Gasteiger partial charge is 0.462 e. The van der Waals surface area contributed by atoms with Gasteiger partial charge in [-0.25, -0.2) is 9.59 Å². The zero-order chi connectivity index (χ0) is 20.0. The first-order chi connectivity index (χ1) is 12.7. The van der Waals surface area contributed by atoms with E-state index in [1.807, 2.05) is 20.8 Å². The Labute approximate surface area is 160 Å². The number of nitrogens with one attached hydrogen (secondary N) is 1. The second-order valence-corrected chi connectivity index (χ2v) is 7.53. The van der Waals surface area contributed by atoms with Crippen LogP contribution in [0.15, 0.2) is 24.3 Å². The van der Waals surface area contributed by atoms with E-state index in [4.69, 9.17) is 9.47 Å². The van der Waals surface area contributed by atoms with Gasteiger partial charge in [-0.2, -0.15) is 0 Å². The topological polar surface area (TPSA) is 84.9 Å². The molecule has 2 rings (SSSR count). The minimum absolute atomic E-state index is 0.0808. The van der Waals surface area contributed by atoms with Crippen molar-refractivity contribution in [1.82, 2.24) is 4.90 Å². The van der Waals surface area contributed by atoms with Crippen LogP contribution in [0.4, 0.5) is 10.5 Å². The number of hydrogen-bond acceptors (Lipinski definition) is 5. The molecule has 0 aromatic heterocycles. The summed E-state index contributed by atoms with van der Waals surface area (Å²) in [5, 5.41) is 2.87. The highest BCUT2D eigenvalue weighted by Gasteiger charge is 2.29. The minimum Gasteiger partial charge on any atom is -0.462 e. The van der Waals surface area contributed by atoms with Gasteiger partial charge in [0, 0.05) is 24.7 Å². The van der Waals surface area contributed by atoms with Crippen LogP contribution in [-0.4, -0.2) is 48.2 Å². The van der Waals surface area contributed by atoms with Crippen molar-refractivity contribution in [3.63, 3.8) is 0 Å². The van der Waals surface area contributed by atoms with Crippen LogP contribution in [0.2, 0.25) is 0 Å². The van der Waals surface area contributed by atoms with Crippen molar-refractivity contribution in [2.24, 2.45) is 5.92 Å². The molecule has 27 heavy (non-hydrogen) atoms. The molecule has 1 heterocycles. The molecule has 0 radical (unpaired) electrons. The van der Waals surface area contributed by atoms with Crippen LogP contribution in [0.3, 0.4) is 0 Å². The first-order valence-electron chi connectivity index (χ1n) is 9.25. The second-order valence-electron chi connectivity index (χ2n) is 7.53. The maximum Gasteiger partial charge on any atom is 0.410 e. The molecule has 0 bridgehead atoms. The molecular weight excluding hydrogens is 348 g/mol. The van der Waals surface area contributed by atoms with Gasteiger partial charge in [0.15, 0.2) is 0 Å². The molecule has 7 nitrogen and oxygen atoms in total. The van der Waals surface area contributed by atoms with E-state index in [1.54, 1.807) is 36.1 Å². The molecule has 0 aliphatic carbocycles. The van der Waals surface area contributed by atoms with Gasteiger partial charge < -0.3 is 19.7 Å². The molecule has 1 aliphatic heterocycles. The molecule has 148 valence electrons. The zero-order valence-corrected chi connectivity index (χ0v) is 16.4. The number of carbonyl (C=O) groups excluding carboxylic acids is 3. The van der Waals surface area contributed by atoms with E-state index in [9.17, 15) is 14.4 Å². The van der Waals surface area contributed by atoms with Gasteiger partial charge in [0.05, 0.1) is 12.2 Å². The number of carbonyl (C=O) groups is 3. The van der Waals surface area contributed by atoms with Crippen LogP contribution in [0.25, 0.3) is 0 Å². The number of rotatable bonds is 4. The Hall–Kier alpha value is -2.57. The molecule has 1 saturated heterocycles. The van der Waals surface area contributed by atoms with Gasteiger partial charge in [0.2, 0.25) is 5.91 Å². The van der Waals surface area contributed by atoms with Crippen molar-refractivity contribution >= 4 is 23.7 Å². The van der Waals surface area contributed by atoms with E-state index in [-0.39, 0.29) is 23.9 Å². The molecular formula is C20H28N2O5. The fourth-order valence-electron chi connectivity index (χ4n) is 2.80. The molecule has 0 spiro atoms. The van der Waals surface area contributed by atoms with Gasteiger partial charge in [-0.15, -0.1) is 0 Å². The lowest BCUT2D eigenvalue weighted by Crippen LogP contribution is -2.43. The Morgan fingerprint density at radius 1 is 1.11 bits per heavy atom. The fourth-order valence-corrected chi connectivity index (χ4v) is 2.80. The average molecular weight is 376 g/mol. The predicted octanol–water partition coefficient (Wildman–Crippen LogP) is 3.45. The van der Waals surface area contributed by atoms with Crippen molar-refractivity contribution in [3.05, 3.63) is 29.8 Å². The molecule has 1 aromatic carbocycles. The predicted molar refractivity (Wildman–Crippen MR) is 102 cm³/mol. The third-order valence-corrected chi connectivity index (χ3v) is 4.18. The third-order valence-electron chi connectivity index (χ3n) is 4.18. The number of esters is 1. The highest BCUT2D eigenvalue weighted by atomic mass is 16.6. The van der Waals surface area contributed by atoms with Crippen LogP contribution >= 0.6 is 0 Å². The molecule has 1 N–H and O–H groups in total. The highest BCUT2D eigenvalue weighted by Crippen LogP contribution is 2.21. The van der Waals surface area contributed by atoms with Crippen molar-refractivity contribution in [1.29, 1.82) is 0 Å². The van der Waals surface area contributed by atoms with Gasteiger partial charge in [0.25, 0.3) is 0 Å². The van der Waals surface area contributed by atoms with Crippen molar-refractivity contribution in [2.45, 2.75) is 46.1 Å². The molecule has 7 heteroatoms. The maximum atomic E-state index is 12.5. The summed E-state index contributed by atoms with van der Waals surface area (Å²) in [6.45, 7) is 8.55. The summed E-state index contributed by atoms with van der Waals surface area (Å²) in [6, 6.07) is 6.61. The lowest BCUT2D eigenvalue weighted by molar-refractivity contribution is -0.121. The number of likely N-dealkylation sites (tertiary alicyclic amines) is 1. The molecule has 0 unspecified atom stereocenters. The number of benzene rings is 1. The zero-order valence-electron chi connectivity index (χ0n) is 16.4. The first-order valence-corrected chi connectivity index (χ1v) is 9.25. The normalized spacial score (nSPS) is 15.2. The molecule has 1 aliphatic rings. The summed E-state index contributed by atoms with van der Waals surface area (Å²) in [5.41, 5.74) is 0.546. The Balaban J connectivity index is 1.84. The van der Waals surface area contributed by atoms with Crippen LogP contribution in [0, 0.1) is 5.92 Å². The number of nitrogens with zero attached hydrogens (tertiary/aromatic N) is 1. The van der Waals surface area contributed by atoms with E-state index in [2.05, 4.69) is 5.32 Å². The van der Waals surface area contributed by atoms with Crippen LogP contribution in [-0.2, 0) is 14.3 Å². The van der Waals surface area contributed by atoms with Crippen molar-refractivity contribution in [3.8, 4) is 0 Å². The van der Waals surface area contributed by atoms with Crippen molar-refractivity contribution < 1.29 is 23.9 Å². The lowest BCUT2D eigenvalue weighted by atomic mass is 9.96. The minimum atomic E-state index is -0.527. The molecule has 2 amide bonds. The first kappa shape index (κ1) is 20.7. The monoisotopic (exact) mass is 376 g/mol. The number of piperidine rings is 1. The van der Waals surface area contributed by atoms with Gasteiger partial charge in [-0.1, -0.05) is 0 Å². The Bertz CT molecular complexity index is 671. The Morgan fingerprint density at radius 2 is 1.70 bits per heavy atom. The van der Waals surface area contributed by atoms with Crippen LogP contribution in [0.5, 0.6) is 0 Å². The van der Waals surface area contributed by atoms with Gasteiger partial charge in [-0.3, -0.25) is 4.79 Å². The summed E-state index contributed by atoms with van der Waals surface area (Å²) in [5.74, 6) is -0.624. The smallest absolute Gasteiger partial charge is 0.410 e. The Kier molecular flexibility index (Phi) is 6.82. The standard InChI is InChI=1S/C20H28N2O5/c1-5-26-18(24)15-6-8-16(9-7-15)21-17(23)14-10-12-22(13-11-14)19(25)27-20(2,3)4/h6-9,14H,5,10-13H2,1-4H3,(H,21,23). The number of anilines is 1. The Morgan fingerprint density at radius 3 is 2.22 bits per heavy atom. The summed E-state index contributed by atoms with van der Waals surface area (Å²) < 4.78 is 10.3. The molecule has 1 aromatic rings. The van der Waals surface area contributed by atoms with E-state index in [1.165, 1.54) is 0 Å². The lowest BCUT2D eigenvalue weighted by Gasteiger charge is -2.32. The van der Waals surface area contributed by atoms with Gasteiger partial charge in [-0.05, 0) is 64.8 Å². The number of amides is 2. The van der Waals surface area contributed by atoms with E-state index < -0.39 is 5.60 Å². The number of hydrogen-bond donors (Lipinski definition) is 1. The highest BCUT2D eigenvalue weighted by molar-refractivity contribution is 5.94.